The summed E-state index contributed by atoms with van der Waals surface area (Å²) in [5, 5.41) is 3.23. The number of nitrogens with one attached hydrogen (secondary N) is 1. The summed E-state index contributed by atoms with van der Waals surface area (Å²) in [6, 6.07) is 10.4. The first-order valence-corrected chi connectivity index (χ1v) is 8.82. The Balaban J connectivity index is 1.57. The maximum absolute atomic E-state index is 13.7. The number of anilines is 2. The lowest BCUT2D eigenvalue weighted by molar-refractivity contribution is -0.120. The van der Waals surface area contributed by atoms with E-state index in [1.54, 1.807) is 6.92 Å². The zero-order valence-electron chi connectivity index (χ0n) is 14.4. The molecule has 1 heterocycles. The molecule has 0 radical (unpaired) electrons. The number of amides is 1. The van der Waals surface area contributed by atoms with Crippen LogP contribution in [0.3, 0.4) is 0 Å². The van der Waals surface area contributed by atoms with E-state index in [1.165, 1.54) is 6.07 Å². The average molecular weight is 380 g/mol. The third kappa shape index (κ3) is 4.31. The zero-order chi connectivity index (χ0) is 18.7. The number of carbonyl (C=O) groups is 1. The molecule has 0 spiro atoms. The van der Waals surface area contributed by atoms with Crippen molar-refractivity contribution in [2.24, 2.45) is 0 Å². The van der Waals surface area contributed by atoms with E-state index in [0.717, 1.165) is 30.9 Å². The fourth-order valence-electron chi connectivity index (χ4n) is 3.03. The van der Waals surface area contributed by atoms with Gasteiger partial charge in [-0.1, -0.05) is 17.7 Å². The van der Waals surface area contributed by atoms with Crippen LogP contribution in [0.5, 0.6) is 0 Å². The topological polar surface area (TPSA) is 35.6 Å². The molecule has 4 nitrogen and oxygen atoms in total. The molecule has 2 aromatic carbocycles. The highest BCUT2D eigenvalue weighted by atomic mass is 35.5. The first kappa shape index (κ1) is 18.6. The van der Waals surface area contributed by atoms with E-state index in [9.17, 15) is 13.6 Å². The minimum Gasteiger partial charge on any atom is -0.369 e. The van der Waals surface area contributed by atoms with E-state index < -0.39 is 17.7 Å². The maximum Gasteiger partial charge on any atom is 0.241 e. The van der Waals surface area contributed by atoms with Crippen molar-refractivity contribution in [1.82, 2.24) is 4.90 Å². The molecule has 1 atom stereocenters. The van der Waals surface area contributed by atoms with Gasteiger partial charge in [-0.25, -0.2) is 8.78 Å². The van der Waals surface area contributed by atoms with Gasteiger partial charge in [-0.2, -0.15) is 0 Å². The minimum atomic E-state index is -0.781. The van der Waals surface area contributed by atoms with Crippen LogP contribution in [0.25, 0.3) is 0 Å². The van der Waals surface area contributed by atoms with Crippen molar-refractivity contribution < 1.29 is 13.6 Å². The highest BCUT2D eigenvalue weighted by Crippen LogP contribution is 2.22. The van der Waals surface area contributed by atoms with Crippen molar-refractivity contribution in [3.63, 3.8) is 0 Å². The summed E-state index contributed by atoms with van der Waals surface area (Å²) in [5.74, 6) is -1.77. The molecule has 0 saturated carbocycles. The molecular weight excluding hydrogens is 360 g/mol. The van der Waals surface area contributed by atoms with Crippen LogP contribution in [0.2, 0.25) is 5.02 Å². The number of benzene rings is 2. The van der Waals surface area contributed by atoms with Gasteiger partial charge in [-0.3, -0.25) is 9.69 Å². The molecule has 7 heteroatoms. The maximum atomic E-state index is 13.7. The number of carbonyl (C=O) groups excluding carboxylic acids is 1. The van der Waals surface area contributed by atoms with Crippen molar-refractivity contribution in [1.29, 1.82) is 0 Å². The van der Waals surface area contributed by atoms with Gasteiger partial charge in [0.15, 0.2) is 0 Å². The molecule has 0 aliphatic carbocycles. The highest BCUT2D eigenvalue weighted by Gasteiger charge is 2.26. The van der Waals surface area contributed by atoms with Crippen LogP contribution >= 0.6 is 11.6 Å². The smallest absolute Gasteiger partial charge is 0.241 e. The first-order valence-electron chi connectivity index (χ1n) is 8.44. The average Bonchev–Trinajstić information content (AvgIpc) is 2.63. The molecule has 1 amide bonds. The second-order valence-corrected chi connectivity index (χ2v) is 6.73. The van der Waals surface area contributed by atoms with Crippen molar-refractivity contribution in [2.45, 2.75) is 13.0 Å². The number of hydrogen-bond donors (Lipinski definition) is 1. The molecule has 1 fully saturated rings. The van der Waals surface area contributed by atoms with Crippen LogP contribution in [-0.4, -0.2) is 43.0 Å². The molecule has 138 valence electrons. The molecule has 3 rings (SSSR count). The lowest BCUT2D eigenvalue weighted by atomic mass is 10.2. The molecule has 0 bridgehead atoms. The molecule has 26 heavy (non-hydrogen) atoms. The number of hydrogen-bond acceptors (Lipinski definition) is 3. The van der Waals surface area contributed by atoms with Crippen LogP contribution in [0.15, 0.2) is 42.5 Å². The Labute approximate surface area is 156 Å². The van der Waals surface area contributed by atoms with Crippen LogP contribution in [0, 0.1) is 11.6 Å². The quantitative estimate of drug-likeness (QED) is 0.878. The van der Waals surface area contributed by atoms with Crippen LogP contribution in [-0.2, 0) is 4.79 Å². The Morgan fingerprint density at radius 1 is 1.12 bits per heavy atom. The zero-order valence-corrected chi connectivity index (χ0v) is 15.1. The molecule has 0 aromatic heterocycles. The number of nitrogens with zero attached hydrogens (tertiary/aromatic N) is 2. The van der Waals surface area contributed by atoms with E-state index in [1.807, 2.05) is 29.2 Å². The van der Waals surface area contributed by atoms with Crippen LogP contribution in [0.4, 0.5) is 20.2 Å². The van der Waals surface area contributed by atoms with Gasteiger partial charge in [-0.05, 0) is 37.3 Å². The summed E-state index contributed by atoms with van der Waals surface area (Å²) < 4.78 is 26.7. The Kier molecular flexibility index (Phi) is 5.74. The summed E-state index contributed by atoms with van der Waals surface area (Å²) in [6.07, 6.45) is 0. The van der Waals surface area contributed by atoms with Crippen LogP contribution in [0.1, 0.15) is 6.92 Å². The van der Waals surface area contributed by atoms with E-state index >= 15 is 0 Å². The second-order valence-electron chi connectivity index (χ2n) is 6.29. The van der Waals surface area contributed by atoms with Gasteiger partial charge >= 0.3 is 0 Å². The van der Waals surface area contributed by atoms with Gasteiger partial charge in [0.2, 0.25) is 5.91 Å². The highest BCUT2D eigenvalue weighted by molar-refractivity contribution is 6.30. The second kappa shape index (κ2) is 8.01. The minimum absolute atomic E-state index is 0.0131. The van der Waals surface area contributed by atoms with Crippen molar-refractivity contribution in [3.8, 4) is 0 Å². The lowest BCUT2D eigenvalue weighted by Crippen LogP contribution is -2.52. The third-order valence-electron chi connectivity index (χ3n) is 4.60. The van der Waals surface area contributed by atoms with E-state index in [2.05, 4.69) is 10.2 Å². The van der Waals surface area contributed by atoms with Gasteiger partial charge in [0, 0.05) is 43.0 Å². The first-order chi connectivity index (χ1) is 12.4. The molecule has 2 aromatic rings. The van der Waals surface area contributed by atoms with Crippen LogP contribution < -0.4 is 10.2 Å². The largest absolute Gasteiger partial charge is 0.369 e. The lowest BCUT2D eigenvalue weighted by Gasteiger charge is -2.38. The number of rotatable bonds is 4. The Morgan fingerprint density at radius 3 is 2.50 bits per heavy atom. The summed E-state index contributed by atoms with van der Waals surface area (Å²) in [7, 11) is 0. The molecule has 1 aliphatic heterocycles. The summed E-state index contributed by atoms with van der Waals surface area (Å²) >= 11 is 6.04. The number of halogens is 3. The predicted octanol–water partition coefficient (Wildman–Crippen LogP) is 3.77. The summed E-state index contributed by atoms with van der Waals surface area (Å²) in [5.41, 5.74) is 1.04. The molecule has 0 unspecified atom stereocenters. The normalized spacial score (nSPS) is 16.4. The standard InChI is InChI=1S/C19H20ClF2N3O/c1-13(19(26)23-18-6-5-15(21)12-17(18)22)24-7-9-25(10-8-24)16-4-2-3-14(20)11-16/h2-6,11-13H,7-10H2,1H3,(H,23,26)/t13-/m1/s1. The third-order valence-corrected chi connectivity index (χ3v) is 4.84. The van der Waals surface area contributed by atoms with Gasteiger partial charge in [0.1, 0.15) is 11.6 Å². The fraction of sp³-hybridized carbons (Fsp3) is 0.316. The fourth-order valence-corrected chi connectivity index (χ4v) is 3.22. The Hall–Kier alpha value is -2.18. The Bertz CT molecular complexity index is 794. The Morgan fingerprint density at radius 2 is 1.85 bits per heavy atom. The monoisotopic (exact) mass is 379 g/mol. The van der Waals surface area contributed by atoms with E-state index in [0.29, 0.717) is 18.1 Å². The van der Waals surface area contributed by atoms with Crippen molar-refractivity contribution in [3.05, 3.63) is 59.1 Å². The summed E-state index contributed by atoms with van der Waals surface area (Å²) in [4.78, 5) is 16.7. The molecule has 1 N–H and O–H groups in total. The molecule has 1 aliphatic rings. The van der Waals surface area contributed by atoms with Gasteiger partial charge in [0.25, 0.3) is 0 Å². The van der Waals surface area contributed by atoms with E-state index in [-0.39, 0.29) is 11.6 Å². The molecule has 1 saturated heterocycles. The van der Waals surface area contributed by atoms with Crippen molar-refractivity contribution >= 4 is 28.9 Å². The predicted molar refractivity (Wildman–Crippen MR) is 99.7 cm³/mol. The molecular formula is C19H20ClF2N3O. The SMILES string of the molecule is C[C@H](C(=O)Nc1ccc(F)cc1F)N1CCN(c2cccc(Cl)c2)CC1. The van der Waals surface area contributed by atoms with Gasteiger partial charge in [0.05, 0.1) is 11.7 Å². The number of piperazine rings is 1. The summed E-state index contributed by atoms with van der Waals surface area (Å²) in [6.45, 7) is 4.72. The van der Waals surface area contributed by atoms with Crippen molar-refractivity contribution in [2.75, 3.05) is 36.4 Å². The van der Waals surface area contributed by atoms with Gasteiger partial charge in [-0.15, -0.1) is 0 Å². The van der Waals surface area contributed by atoms with Gasteiger partial charge < -0.3 is 10.2 Å². The van der Waals surface area contributed by atoms with E-state index in [4.69, 9.17) is 11.6 Å².